The van der Waals surface area contributed by atoms with Crippen LogP contribution in [0.15, 0.2) is 22.7 Å². The number of hydrogen-bond donors (Lipinski definition) is 1. The zero-order valence-electron chi connectivity index (χ0n) is 11.6. The van der Waals surface area contributed by atoms with Gasteiger partial charge in [0.25, 0.3) is 0 Å². The molecule has 0 saturated carbocycles. The lowest BCUT2D eigenvalue weighted by Crippen LogP contribution is -2.21. The highest BCUT2D eigenvalue weighted by molar-refractivity contribution is 9.10. The van der Waals surface area contributed by atoms with Crippen LogP contribution in [-0.2, 0) is 4.74 Å². The second-order valence-electron chi connectivity index (χ2n) is 4.91. The third kappa shape index (κ3) is 4.20. The molecule has 1 N–H and O–H groups in total. The van der Waals surface area contributed by atoms with Crippen LogP contribution in [0.5, 0.6) is 5.75 Å². The zero-order valence-corrected chi connectivity index (χ0v) is 13.2. The molecule has 2 rings (SSSR count). The summed E-state index contributed by atoms with van der Waals surface area (Å²) in [4.78, 5) is 0. The monoisotopic (exact) mass is 327 g/mol. The van der Waals surface area contributed by atoms with Gasteiger partial charge in [-0.3, -0.25) is 0 Å². The van der Waals surface area contributed by atoms with Crippen LogP contribution in [0, 0.1) is 0 Å². The fourth-order valence-corrected chi connectivity index (χ4v) is 2.74. The first-order valence-corrected chi connectivity index (χ1v) is 7.77. The SMILES string of the molecule is CCNC(C)c1cc(Br)ccc1OCC1CCCO1. The fraction of sp³-hybridized carbons (Fsp3) is 0.600. The topological polar surface area (TPSA) is 30.5 Å². The van der Waals surface area contributed by atoms with Crippen molar-refractivity contribution in [3.05, 3.63) is 28.2 Å². The quantitative estimate of drug-likeness (QED) is 0.864. The number of nitrogens with one attached hydrogen (secondary N) is 1. The molecule has 1 aliphatic heterocycles. The van der Waals surface area contributed by atoms with Crippen molar-refractivity contribution in [2.45, 2.75) is 38.8 Å². The third-order valence-electron chi connectivity index (χ3n) is 3.40. The molecular weight excluding hydrogens is 306 g/mol. The lowest BCUT2D eigenvalue weighted by Gasteiger charge is -2.19. The predicted molar refractivity (Wildman–Crippen MR) is 80.7 cm³/mol. The van der Waals surface area contributed by atoms with E-state index in [0.717, 1.165) is 36.2 Å². The van der Waals surface area contributed by atoms with E-state index in [2.05, 4.69) is 41.2 Å². The van der Waals surface area contributed by atoms with Gasteiger partial charge in [0.2, 0.25) is 0 Å². The van der Waals surface area contributed by atoms with Crippen LogP contribution in [-0.4, -0.2) is 25.9 Å². The van der Waals surface area contributed by atoms with Gasteiger partial charge in [0, 0.05) is 22.7 Å². The summed E-state index contributed by atoms with van der Waals surface area (Å²) in [5, 5.41) is 3.43. The molecule has 0 aliphatic carbocycles. The van der Waals surface area contributed by atoms with Crippen molar-refractivity contribution in [1.82, 2.24) is 5.32 Å². The molecule has 1 aliphatic rings. The fourth-order valence-electron chi connectivity index (χ4n) is 2.36. The van der Waals surface area contributed by atoms with Crippen LogP contribution < -0.4 is 10.1 Å². The van der Waals surface area contributed by atoms with E-state index < -0.39 is 0 Å². The van der Waals surface area contributed by atoms with Crippen molar-refractivity contribution in [3.8, 4) is 5.75 Å². The van der Waals surface area contributed by atoms with Crippen molar-refractivity contribution >= 4 is 15.9 Å². The van der Waals surface area contributed by atoms with Gasteiger partial charge in [-0.2, -0.15) is 0 Å². The van der Waals surface area contributed by atoms with E-state index >= 15 is 0 Å². The maximum atomic E-state index is 5.96. The van der Waals surface area contributed by atoms with Gasteiger partial charge in [-0.1, -0.05) is 22.9 Å². The van der Waals surface area contributed by atoms with Crippen molar-refractivity contribution in [2.24, 2.45) is 0 Å². The maximum Gasteiger partial charge on any atom is 0.124 e. The normalized spacial score (nSPS) is 20.5. The van der Waals surface area contributed by atoms with Gasteiger partial charge in [0.05, 0.1) is 6.10 Å². The largest absolute Gasteiger partial charge is 0.491 e. The molecule has 0 aromatic heterocycles. The van der Waals surface area contributed by atoms with E-state index in [9.17, 15) is 0 Å². The first-order valence-electron chi connectivity index (χ1n) is 6.98. The number of halogens is 1. The molecule has 0 radical (unpaired) electrons. The first-order chi connectivity index (χ1) is 9.20. The van der Waals surface area contributed by atoms with Crippen LogP contribution in [0.1, 0.15) is 38.3 Å². The molecule has 1 fully saturated rings. The van der Waals surface area contributed by atoms with Crippen LogP contribution in [0.4, 0.5) is 0 Å². The van der Waals surface area contributed by atoms with Crippen LogP contribution >= 0.6 is 15.9 Å². The van der Waals surface area contributed by atoms with Crippen LogP contribution in [0.2, 0.25) is 0 Å². The molecule has 1 saturated heterocycles. The van der Waals surface area contributed by atoms with Crippen molar-refractivity contribution in [1.29, 1.82) is 0 Å². The summed E-state index contributed by atoms with van der Waals surface area (Å²) in [5.41, 5.74) is 1.19. The molecule has 1 aromatic rings. The van der Waals surface area contributed by atoms with E-state index in [1.807, 2.05) is 12.1 Å². The standard InChI is InChI=1S/C15H22BrNO2/c1-3-17-11(2)14-9-12(16)6-7-15(14)19-10-13-5-4-8-18-13/h6-7,9,11,13,17H,3-5,8,10H2,1-2H3. The highest BCUT2D eigenvalue weighted by atomic mass is 79.9. The molecule has 1 heterocycles. The van der Waals surface area contributed by atoms with Gasteiger partial charge < -0.3 is 14.8 Å². The van der Waals surface area contributed by atoms with Crippen molar-refractivity contribution in [2.75, 3.05) is 19.8 Å². The Morgan fingerprint density at radius 1 is 1.53 bits per heavy atom. The summed E-state index contributed by atoms with van der Waals surface area (Å²) in [6.45, 7) is 6.73. The lowest BCUT2D eigenvalue weighted by molar-refractivity contribution is 0.0674. The summed E-state index contributed by atoms with van der Waals surface area (Å²) >= 11 is 3.53. The minimum atomic E-state index is 0.255. The molecule has 4 heteroatoms. The first kappa shape index (κ1) is 14.8. The van der Waals surface area contributed by atoms with Gasteiger partial charge in [0.1, 0.15) is 12.4 Å². The second-order valence-corrected chi connectivity index (χ2v) is 5.82. The highest BCUT2D eigenvalue weighted by Gasteiger charge is 2.18. The number of hydrogen-bond acceptors (Lipinski definition) is 3. The van der Waals surface area contributed by atoms with Crippen molar-refractivity contribution < 1.29 is 9.47 Å². The molecule has 0 spiro atoms. The summed E-state index contributed by atoms with van der Waals surface area (Å²) in [5.74, 6) is 0.951. The molecule has 2 atom stereocenters. The Kier molecular flexibility index (Phi) is 5.67. The molecular formula is C15H22BrNO2. The highest BCUT2D eigenvalue weighted by Crippen LogP contribution is 2.29. The van der Waals surface area contributed by atoms with E-state index in [-0.39, 0.29) is 12.1 Å². The van der Waals surface area contributed by atoms with Gasteiger partial charge in [-0.25, -0.2) is 0 Å². The number of benzene rings is 1. The smallest absolute Gasteiger partial charge is 0.124 e. The van der Waals surface area contributed by atoms with Gasteiger partial charge in [-0.15, -0.1) is 0 Å². The Morgan fingerprint density at radius 3 is 3.05 bits per heavy atom. The summed E-state index contributed by atoms with van der Waals surface area (Å²) in [6.07, 6.45) is 2.51. The Balaban J connectivity index is 2.04. The average molecular weight is 328 g/mol. The summed E-state index contributed by atoms with van der Waals surface area (Å²) in [6, 6.07) is 6.45. The minimum absolute atomic E-state index is 0.255. The molecule has 106 valence electrons. The van der Waals surface area contributed by atoms with E-state index in [1.54, 1.807) is 0 Å². The third-order valence-corrected chi connectivity index (χ3v) is 3.89. The predicted octanol–water partition coefficient (Wildman–Crippen LogP) is 3.68. The van der Waals surface area contributed by atoms with Gasteiger partial charge in [-0.05, 0) is 44.5 Å². The van der Waals surface area contributed by atoms with E-state index in [4.69, 9.17) is 9.47 Å². The van der Waals surface area contributed by atoms with Crippen LogP contribution in [0.3, 0.4) is 0 Å². The number of ether oxygens (including phenoxy) is 2. The van der Waals surface area contributed by atoms with E-state index in [0.29, 0.717) is 6.61 Å². The zero-order chi connectivity index (χ0) is 13.7. The van der Waals surface area contributed by atoms with Crippen LogP contribution in [0.25, 0.3) is 0 Å². The van der Waals surface area contributed by atoms with Crippen molar-refractivity contribution in [3.63, 3.8) is 0 Å². The Labute approximate surface area is 123 Å². The Morgan fingerprint density at radius 2 is 2.37 bits per heavy atom. The number of rotatable bonds is 6. The molecule has 19 heavy (non-hydrogen) atoms. The van der Waals surface area contributed by atoms with Gasteiger partial charge in [0.15, 0.2) is 0 Å². The van der Waals surface area contributed by atoms with Gasteiger partial charge >= 0.3 is 0 Å². The molecule has 0 bridgehead atoms. The maximum absolute atomic E-state index is 5.96. The van der Waals surface area contributed by atoms with E-state index in [1.165, 1.54) is 5.56 Å². The minimum Gasteiger partial charge on any atom is -0.491 e. The molecule has 2 unspecified atom stereocenters. The Bertz CT molecular complexity index is 405. The molecule has 1 aromatic carbocycles. The Hall–Kier alpha value is -0.580. The molecule has 3 nitrogen and oxygen atoms in total. The summed E-state index contributed by atoms with van der Waals surface area (Å²) < 4.78 is 12.6. The summed E-state index contributed by atoms with van der Waals surface area (Å²) in [7, 11) is 0. The second kappa shape index (κ2) is 7.27. The average Bonchev–Trinajstić information content (AvgIpc) is 2.90. The molecule has 0 amide bonds. The lowest BCUT2D eigenvalue weighted by atomic mass is 10.1.